The first-order valence-electron chi connectivity index (χ1n) is 3.98. The van der Waals surface area contributed by atoms with E-state index in [0.717, 1.165) is 20.9 Å². The monoisotopic (exact) mass is 285 g/mol. The van der Waals surface area contributed by atoms with E-state index in [1.807, 2.05) is 24.3 Å². The van der Waals surface area contributed by atoms with Crippen molar-refractivity contribution < 1.29 is 0 Å². The summed E-state index contributed by atoms with van der Waals surface area (Å²) in [6.45, 7) is 0. The van der Waals surface area contributed by atoms with Crippen LogP contribution in [0, 0.1) is 0 Å². The van der Waals surface area contributed by atoms with Crippen LogP contribution in [0.25, 0.3) is 10.9 Å². The quantitative estimate of drug-likeness (QED) is 0.633. The van der Waals surface area contributed by atoms with E-state index in [1.54, 1.807) is 6.07 Å². The summed E-state index contributed by atoms with van der Waals surface area (Å²) < 4.78 is 0.863. The Hall–Kier alpha value is -0.840. The van der Waals surface area contributed by atoms with Gasteiger partial charge < -0.3 is 4.98 Å². The molecule has 2 aromatic rings. The molecule has 0 spiro atoms. The molecule has 0 aliphatic rings. The summed E-state index contributed by atoms with van der Waals surface area (Å²) in [7, 11) is 0. The minimum atomic E-state index is -0.0228. The van der Waals surface area contributed by atoms with E-state index in [1.165, 1.54) is 0 Å². The molecule has 66 valence electrons. The van der Waals surface area contributed by atoms with Crippen molar-refractivity contribution in [2.45, 2.75) is 4.43 Å². The number of benzene rings is 1. The minimum absolute atomic E-state index is 0.0228. The maximum absolute atomic E-state index is 11.2. The Labute approximate surface area is 89.1 Å². The van der Waals surface area contributed by atoms with Crippen LogP contribution < -0.4 is 5.56 Å². The van der Waals surface area contributed by atoms with Crippen molar-refractivity contribution in [2.75, 3.05) is 0 Å². The van der Waals surface area contributed by atoms with Crippen LogP contribution in [0.15, 0.2) is 35.1 Å². The minimum Gasteiger partial charge on any atom is -0.322 e. The fourth-order valence-corrected chi connectivity index (χ4v) is 2.02. The van der Waals surface area contributed by atoms with Crippen molar-refractivity contribution in [1.82, 2.24) is 4.98 Å². The molecule has 0 unspecified atom stereocenters. The predicted octanol–water partition coefficient (Wildman–Crippen LogP) is 2.46. The van der Waals surface area contributed by atoms with E-state index in [9.17, 15) is 4.79 Å². The van der Waals surface area contributed by atoms with Crippen LogP contribution in [0.5, 0.6) is 0 Å². The third-order valence-electron chi connectivity index (χ3n) is 1.98. The van der Waals surface area contributed by atoms with Crippen LogP contribution in [-0.4, -0.2) is 4.98 Å². The standard InChI is InChI=1S/C10H8INO/c11-6-7-5-10(13)12-9-4-2-1-3-8(7)9/h1-5H,6H2,(H,12,13). The fraction of sp³-hybridized carbons (Fsp3) is 0.100. The number of halogens is 1. The summed E-state index contributed by atoms with van der Waals surface area (Å²) in [5.74, 6) is 0. The van der Waals surface area contributed by atoms with Gasteiger partial charge in [0.1, 0.15) is 0 Å². The maximum Gasteiger partial charge on any atom is 0.248 e. The normalized spacial score (nSPS) is 10.5. The molecule has 1 aromatic carbocycles. The van der Waals surface area contributed by atoms with Crippen molar-refractivity contribution >= 4 is 33.5 Å². The number of rotatable bonds is 1. The number of aromatic nitrogens is 1. The number of alkyl halides is 1. The average Bonchev–Trinajstić information content (AvgIpc) is 2.16. The first kappa shape index (κ1) is 8.74. The molecule has 0 fully saturated rings. The van der Waals surface area contributed by atoms with Crippen molar-refractivity contribution in [3.63, 3.8) is 0 Å². The van der Waals surface area contributed by atoms with Gasteiger partial charge in [0.25, 0.3) is 0 Å². The molecular weight excluding hydrogens is 277 g/mol. The predicted molar refractivity (Wildman–Crippen MR) is 62.3 cm³/mol. The van der Waals surface area contributed by atoms with Gasteiger partial charge in [0.2, 0.25) is 5.56 Å². The smallest absolute Gasteiger partial charge is 0.248 e. The number of hydrogen-bond donors (Lipinski definition) is 1. The first-order chi connectivity index (χ1) is 6.31. The van der Waals surface area contributed by atoms with Crippen molar-refractivity contribution in [2.24, 2.45) is 0 Å². The highest BCUT2D eigenvalue weighted by atomic mass is 127. The summed E-state index contributed by atoms with van der Waals surface area (Å²) in [5.41, 5.74) is 1.99. The van der Waals surface area contributed by atoms with Gasteiger partial charge in [-0.2, -0.15) is 0 Å². The summed E-state index contributed by atoms with van der Waals surface area (Å²) >= 11 is 2.27. The van der Waals surface area contributed by atoms with E-state index < -0.39 is 0 Å². The van der Waals surface area contributed by atoms with Gasteiger partial charge in [-0.1, -0.05) is 40.8 Å². The van der Waals surface area contributed by atoms with Gasteiger partial charge in [-0.05, 0) is 11.6 Å². The average molecular weight is 285 g/mol. The lowest BCUT2D eigenvalue weighted by Crippen LogP contribution is -2.05. The van der Waals surface area contributed by atoms with Crippen molar-refractivity contribution in [3.8, 4) is 0 Å². The second-order valence-electron chi connectivity index (χ2n) is 2.84. The second kappa shape index (κ2) is 3.49. The van der Waals surface area contributed by atoms with Crippen LogP contribution in [-0.2, 0) is 4.43 Å². The van der Waals surface area contributed by atoms with E-state index in [4.69, 9.17) is 0 Å². The molecule has 0 saturated carbocycles. The van der Waals surface area contributed by atoms with Crippen LogP contribution in [0.2, 0.25) is 0 Å². The largest absolute Gasteiger partial charge is 0.322 e. The van der Waals surface area contributed by atoms with Gasteiger partial charge >= 0.3 is 0 Å². The fourth-order valence-electron chi connectivity index (χ4n) is 1.39. The van der Waals surface area contributed by atoms with Crippen LogP contribution in [0.4, 0.5) is 0 Å². The van der Waals surface area contributed by atoms with Crippen LogP contribution >= 0.6 is 22.6 Å². The Morgan fingerprint density at radius 3 is 2.85 bits per heavy atom. The van der Waals surface area contributed by atoms with E-state index in [-0.39, 0.29) is 5.56 Å². The number of pyridine rings is 1. The van der Waals surface area contributed by atoms with Crippen molar-refractivity contribution in [1.29, 1.82) is 0 Å². The lowest BCUT2D eigenvalue weighted by Gasteiger charge is -2.01. The molecule has 0 amide bonds. The Morgan fingerprint density at radius 2 is 2.08 bits per heavy atom. The molecule has 2 nitrogen and oxygen atoms in total. The Kier molecular flexibility index (Phi) is 2.35. The zero-order chi connectivity index (χ0) is 9.26. The zero-order valence-electron chi connectivity index (χ0n) is 6.88. The van der Waals surface area contributed by atoms with Gasteiger partial charge in [0.05, 0.1) is 0 Å². The zero-order valence-corrected chi connectivity index (χ0v) is 9.04. The van der Waals surface area contributed by atoms with E-state index in [2.05, 4.69) is 27.6 Å². The Balaban J connectivity index is 2.89. The Bertz CT molecular complexity index is 489. The van der Waals surface area contributed by atoms with Gasteiger partial charge in [-0.25, -0.2) is 0 Å². The Morgan fingerprint density at radius 1 is 1.31 bits per heavy atom. The molecular formula is C10H8INO. The lowest BCUT2D eigenvalue weighted by atomic mass is 10.1. The second-order valence-corrected chi connectivity index (χ2v) is 3.60. The molecule has 0 aliphatic heterocycles. The summed E-state index contributed by atoms with van der Waals surface area (Å²) in [4.78, 5) is 14.0. The van der Waals surface area contributed by atoms with Gasteiger partial charge in [0, 0.05) is 21.4 Å². The van der Waals surface area contributed by atoms with Crippen molar-refractivity contribution in [3.05, 3.63) is 46.2 Å². The number of hydrogen-bond acceptors (Lipinski definition) is 1. The van der Waals surface area contributed by atoms with Crippen LogP contribution in [0.1, 0.15) is 5.56 Å². The SMILES string of the molecule is O=c1cc(CI)c2ccccc2[nH]1. The molecule has 0 aliphatic carbocycles. The van der Waals surface area contributed by atoms with Gasteiger partial charge in [0.15, 0.2) is 0 Å². The van der Waals surface area contributed by atoms with Crippen LogP contribution in [0.3, 0.4) is 0 Å². The summed E-state index contributed by atoms with van der Waals surface area (Å²) in [5, 5.41) is 1.14. The molecule has 1 N–H and O–H groups in total. The molecule has 0 saturated heterocycles. The highest BCUT2D eigenvalue weighted by Crippen LogP contribution is 2.16. The van der Waals surface area contributed by atoms with E-state index >= 15 is 0 Å². The molecule has 0 radical (unpaired) electrons. The lowest BCUT2D eigenvalue weighted by molar-refractivity contribution is 1.27. The molecule has 0 atom stereocenters. The highest BCUT2D eigenvalue weighted by molar-refractivity contribution is 14.1. The van der Waals surface area contributed by atoms with Gasteiger partial charge in [-0.15, -0.1) is 0 Å². The third kappa shape index (κ3) is 1.60. The molecule has 0 bridgehead atoms. The first-order valence-corrected chi connectivity index (χ1v) is 5.51. The van der Waals surface area contributed by atoms with Gasteiger partial charge in [-0.3, -0.25) is 4.79 Å². The summed E-state index contributed by atoms with van der Waals surface area (Å²) in [6.07, 6.45) is 0. The number of H-pyrrole nitrogens is 1. The third-order valence-corrected chi connectivity index (χ3v) is 2.80. The molecule has 2 rings (SSSR count). The maximum atomic E-state index is 11.2. The number of nitrogens with one attached hydrogen (secondary N) is 1. The number of fused-ring (bicyclic) bond motifs is 1. The molecule has 1 heterocycles. The molecule has 1 aromatic heterocycles. The highest BCUT2D eigenvalue weighted by Gasteiger charge is 1.99. The molecule has 3 heteroatoms. The molecule has 13 heavy (non-hydrogen) atoms. The topological polar surface area (TPSA) is 32.9 Å². The number of aromatic amines is 1. The number of para-hydroxylation sites is 1. The summed E-state index contributed by atoms with van der Waals surface area (Å²) in [6, 6.07) is 9.52. The van der Waals surface area contributed by atoms with E-state index in [0.29, 0.717) is 0 Å².